The number of pyridine rings is 1. The van der Waals surface area contributed by atoms with Crippen molar-refractivity contribution in [3.8, 4) is 11.5 Å². The van der Waals surface area contributed by atoms with E-state index in [9.17, 15) is 4.39 Å². The number of anilines is 1. The molecule has 0 spiro atoms. The lowest BCUT2D eigenvalue weighted by Gasteiger charge is -2.10. The van der Waals surface area contributed by atoms with E-state index < -0.39 is 6.67 Å². The van der Waals surface area contributed by atoms with Crippen molar-refractivity contribution >= 4 is 5.82 Å². The molecular formula is C10H12FN5. The number of rotatable bonds is 3. The van der Waals surface area contributed by atoms with E-state index in [4.69, 9.17) is 5.73 Å². The van der Waals surface area contributed by atoms with Crippen molar-refractivity contribution in [2.24, 2.45) is 0 Å². The molecule has 1 atom stereocenters. The fourth-order valence-electron chi connectivity index (χ4n) is 1.40. The van der Waals surface area contributed by atoms with Gasteiger partial charge in [0, 0.05) is 0 Å². The topological polar surface area (TPSA) is 69.6 Å². The quantitative estimate of drug-likeness (QED) is 0.851. The Morgan fingerprint density at radius 1 is 1.50 bits per heavy atom. The lowest BCUT2D eigenvalue weighted by molar-refractivity contribution is 0.378. The van der Waals surface area contributed by atoms with Gasteiger partial charge in [0.05, 0.1) is 6.04 Å². The maximum atomic E-state index is 12.6. The molecule has 0 aromatic carbocycles. The first-order valence-electron chi connectivity index (χ1n) is 4.90. The maximum absolute atomic E-state index is 12.6. The second-order valence-electron chi connectivity index (χ2n) is 3.51. The monoisotopic (exact) mass is 221 g/mol. The molecule has 1 unspecified atom stereocenters. The van der Waals surface area contributed by atoms with E-state index in [-0.39, 0.29) is 6.04 Å². The molecule has 0 aliphatic carbocycles. The number of alkyl halides is 1. The van der Waals surface area contributed by atoms with E-state index in [1.54, 1.807) is 29.7 Å². The predicted molar refractivity (Wildman–Crippen MR) is 58.4 cm³/mol. The fraction of sp³-hybridized carbons (Fsp3) is 0.300. The van der Waals surface area contributed by atoms with Crippen LogP contribution < -0.4 is 5.73 Å². The van der Waals surface area contributed by atoms with Gasteiger partial charge in [0.2, 0.25) is 0 Å². The van der Waals surface area contributed by atoms with E-state index in [1.807, 2.05) is 0 Å². The molecular weight excluding hydrogens is 209 g/mol. The molecule has 0 saturated heterocycles. The first-order valence-corrected chi connectivity index (χ1v) is 4.90. The second kappa shape index (κ2) is 4.26. The molecule has 2 N–H and O–H groups in total. The lowest BCUT2D eigenvalue weighted by Crippen LogP contribution is -2.08. The third-order valence-corrected chi connectivity index (χ3v) is 2.27. The van der Waals surface area contributed by atoms with Gasteiger partial charge in [-0.15, -0.1) is 10.2 Å². The summed E-state index contributed by atoms with van der Waals surface area (Å²) in [6, 6.07) is 4.91. The smallest absolute Gasteiger partial charge is 0.182 e. The molecule has 0 fully saturated rings. The summed E-state index contributed by atoms with van der Waals surface area (Å²) in [5, 5.41) is 7.69. The van der Waals surface area contributed by atoms with Gasteiger partial charge < -0.3 is 10.3 Å². The van der Waals surface area contributed by atoms with Gasteiger partial charge in [-0.05, 0) is 19.1 Å². The van der Waals surface area contributed by atoms with E-state index in [1.165, 1.54) is 6.33 Å². The summed E-state index contributed by atoms with van der Waals surface area (Å²) in [4.78, 5) is 4.12. The molecule has 2 aromatic rings. The van der Waals surface area contributed by atoms with Crippen LogP contribution in [-0.2, 0) is 0 Å². The largest absolute Gasteiger partial charge is 0.384 e. The Kier molecular flexibility index (Phi) is 2.80. The Bertz CT molecular complexity index is 482. The minimum atomic E-state index is -0.479. The Morgan fingerprint density at radius 2 is 2.31 bits per heavy atom. The highest BCUT2D eigenvalue weighted by atomic mass is 19.1. The fourth-order valence-corrected chi connectivity index (χ4v) is 1.40. The Labute approximate surface area is 92.1 Å². The highest BCUT2D eigenvalue weighted by Crippen LogP contribution is 2.19. The highest BCUT2D eigenvalue weighted by molar-refractivity contribution is 5.52. The van der Waals surface area contributed by atoms with Gasteiger partial charge in [0.1, 0.15) is 24.5 Å². The van der Waals surface area contributed by atoms with Gasteiger partial charge >= 0.3 is 0 Å². The predicted octanol–water partition coefficient (Wildman–Crippen LogP) is 1.45. The molecule has 0 aliphatic rings. The van der Waals surface area contributed by atoms with Gasteiger partial charge in [-0.1, -0.05) is 6.07 Å². The van der Waals surface area contributed by atoms with Crippen molar-refractivity contribution in [1.29, 1.82) is 0 Å². The van der Waals surface area contributed by atoms with Crippen molar-refractivity contribution in [2.75, 3.05) is 12.4 Å². The van der Waals surface area contributed by atoms with Crippen LogP contribution in [0, 0.1) is 0 Å². The number of nitrogens with zero attached hydrogens (tertiary/aromatic N) is 4. The molecule has 0 saturated carbocycles. The molecule has 16 heavy (non-hydrogen) atoms. The van der Waals surface area contributed by atoms with Crippen LogP contribution in [0.5, 0.6) is 0 Å². The summed E-state index contributed by atoms with van der Waals surface area (Å²) in [6.07, 6.45) is 1.49. The molecule has 0 amide bonds. The standard InChI is InChI=1S/C10H12FN5/c1-7(5-11)16-6-13-15-10(16)8-3-2-4-9(12)14-8/h2-4,6-7H,5H2,1H3,(H2,12,14). The molecule has 0 aliphatic heterocycles. The molecule has 0 radical (unpaired) electrons. The van der Waals surface area contributed by atoms with Crippen LogP contribution in [0.3, 0.4) is 0 Å². The third kappa shape index (κ3) is 1.86. The second-order valence-corrected chi connectivity index (χ2v) is 3.51. The van der Waals surface area contributed by atoms with E-state index >= 15 is 0 Å². The van der Waals surface area contributed by atoms with Gasteiger partial charge in [0.25, 0.3) is 0 Å². The SMILES string of the molecule is CC(CF)n1cnnc1-c1cccc(N)n1. The number of nitrogens with two attached hydrogens (primary N) is 1. The van der Waals surface area contributed by atoms with Crippen LogP contribution >= 0.6 is 0 Å². The minimum absolute atomic E-state index is 0.312. The van der Waals surface area contributed by atoms with E-state index in [0.29, 0.717) is 17.3 Å². The van der Waals surface area contributed by atoms with Crippen LogP contribution in [0.1, 0.15) is 13.0 Å². The minimum Gasteiger partial charge on any atom is -0.384 e. The zero-order valence-electron chi connectivity index (χ0n) is 8.84. The molecule has 0 bridgehead atoms. The van der Waals surface area contributed by atoms with E-state index in [2.05, 4.69) is 15.2 Å². The van der Waals surface area contributed by atoms with Gasteiger partial charge in [-0.2, -0.15) is 0 Å². The van der Waals surface area contributed by atoms with Crippen LogP contribution in [0.2, 0.25) is 0 Å². The van der Waals surface area contributed by atoms with Crippen molar-refractivity contribution in [1.82, 2.24) is 19.7 Å². The number of nitrogen functional groups attached to an aromatic ring is 1. The Balaban J connectivity index is 2.44. The maximum Gasteiger partial charge on any atom is 0.182 e. The average Bonchev–Trinajstić information content (AvgIpc) is 2.77. The summed E-state index contributed by atoms with van der Waals surface area (Å²) >= 11 is 0. The summed E-state index contributed by atoms with van der Waals surface area (Å²) in [5.74, 6) is 0.928. The lowest BCUT2D eigenvalue weighted by atomic mass is 10.3. The summed E-state index contributed by atoms with van der Waals surface area (Å²) < 4.78 is 14.2. The zero-order chi connectivity index (χ0) is 11.5. The van der Waals surface area contributed by atoms with Crippen LogP contribution in [0.4, 0.5) is 10.2 Å². The summed E-state index contributed by atoms with van der Waals surface area (Å²) in [6.45, 7) is 1.27. The van der Waals surface area contributed by atoms with Gasteiger partial charge in [0.15, 0.2) is 5.82 Å². The molecule has 2 heterocycles. The van der Waals surface area contributed by atoms with Crippen molar-refractivity contribution < 1.29 is 4.39 Å². The first kappa shape index (κ1) is 10.5. The molecule has 5 nitrogen and oxygen atoms in total. The summed E-state index contributed by atoms with van der Waals surface area (Å²) in [5.41, 5.74) is 6.18. The van der Waals surface area contributed by atoms with Gasteiger partial charge in [-0.3, -0.25) is 0 Å². The number of hydrogen-bond donors (Lipinski definition) is 1. The van der Waals surface area contributed by atoms with Crippen molar-refractivity contribution in [3.05, 3.63) is 24.5 Å². The molecule has 84 valence electrons. The third-order valence-electron chi connectivity index (χ3n) is 2.27. The van der Waals surface area contributed by atoms with E-state index in [0.717, 1.165) is 0 Å². The number of aromatic nitrogens is 4. The Morgan fingerprint density at radius 3 is 3.00 bits per heavy atom. The van der Waals surface area contributed by atoms with Crippen LogP contribution in [0.25, 0.3) is 11.5 Å². The molecule has 2 rings (SSSR count). The zero-order valence-corrected chi connectivity index (χ0v) is 8.84. The van der Waals surface area contributed by atoms with Crippen LogP contribution in [0.15, 0.2) is 24.5 Å². The van der Waals surface area contributed by atoms with Gasteiger partial charge in [-0.25, -0.2) is 9.37 Å². The number of halogens is 1. The average molecular weight is 221 g/mol. The summed E-state index contributed by atoms with van der Waals surface area (Å²) in [7, 11) is 0. The van der Waals surface area contributed by atoms with Crippen molar-refractivity contribution in [3.63, 3.8) is 0 Å². The molecule has 2 aromatic heterocycles. The Hall–Kier alpha value is -1.98. The number of hydrogen-bond acceptors (Lipinski definition) is 4. The molecule has 6 heteroatoms. The first-order chi connectivity index (χ1) is 7.72. The van der Waals surface area contributed by atoms with Crippen LogP contribution in [-0.4, -0.2) is 26.4 Å². The van der Waals surface area contributed by atoms with Crippen molar-refractivity contribution in [2.45, 2.75) is 13.0 Å². The highest BCUT2D eigenvalue weighted by Gasteiger charge is 2.13. The normalized spacial score (nSPS) is 12.6.